The van der Waals surface area contributed by atoms with Gasteiger partial charge in [0.2, 0.25) is 0 Å². The number of nitrogens with two attached hydrogens (primary N) is 2. The lowest BCUT2D eigenvalue weighted by Crippen LogP contribution is -2.36. The molecule has 0 aliphatic heterocycles. The fraction of sp³-hybridized carbons (Fsp3) is 0.625. The summed E-state index contributed by atoms with van der Waals surface area (Å²) in [7, 11) is 0. The van der Waals surface area contributed by atoms with E-state index in [2.05, 4.69) is 5.10 Å². The maximum Gasteiger partial charge on any atom is 0.145 e. The van der Waals surface area contributed by atoms with Crippen molar-refractivity contribution in [1.82, 2.24) is 9.78 Å². The molecule has 0 aliphatic carbocycles. The van der Waals surface area contributed by atoms with Crippen LogP contribution in [0.3, 0.4) is 0 Å². The van der Waals surface area contributed by atoms with Gasteiger partial charge in [-0.15, -0.1) is 0 Å². The molecular formula is C8H16N4O3. The van der Waals surface area contributed by atoms with Gasteiger partial charge in [0.1, 0.15) is 18.0 Å². The van der Waals surface area contributed by atoms with Crippen LogP contribution in [0.1, 0.15) is 13.0 Å². The van der Waals surface area contributed by atoms with Gasteiger partial charge in [-0.1, -0.05) is 0 Å². The highest BCUT2D eigenvalue weighted by molar-refractivity contribution is 5.57. The molecular weight excluding hydrogens is 200 g/mol. The Balaban J connectivity index is 3.04. The summed E-state index contributed by atoms with van der Waals surface area (Å²) in [5, 5.41) is 31.7. The largest absolute Gasteiger partial charge is 0.394 e. The minimum absolute atomic E-state index is 0.161. The number of aromatic nitrogens is 2. The van der Waals surface area contributed by atoms with Crippen molar-refractivity contribution in [1.29, 1.82) is 0 Å². The molecule has 3 atom stereocenters. The molecule has 1 aromatic rings. The van der Waals surface area contributed by atoms with E-state index >= 15 is 0 Å². The minimum atomic E-state index is -1.15. The van der Waals surface area contributed by atoms with E-state index in [4.69, 9.17) is 16.6 Å². The highest BCUT2D eigenvalue weighted by Gasteiger charge is 2.28. The molecule has 86 valence electrons. The molecule has 1 rings (SSSR count). The number of aliphatic hydroxyl groups is 3. The standard InChI is InChI=1S/C8H16N4O3/c1-4(14)7(6(15)3-13)12-8(10)5(9)2-11-12/h2,4,6-7,13-15H,3,9-10H2,1H3. The van der Waals surface area contributed by atoms with Crippen molar-refractivity contribution in [3.05, 3.63) is 6.20 Å². The van der Waals surface area contributed by atoms with E-state index in [9.17, 15) is 10.2 Å². The van der Waals surface area contributed by atoms with Crippen LogP contribution in [0.4, 0.5) is 11.5 Å². The molecule has 0 bridgehead atoms. The van der Waals surface area contributed by atoms with Crippen LogP contribution in [0.15, 0.2) is 6.20 Å². The average Bonchev–Trinajstić information content (AvgIpc) is 2.49. The molecule has 0 radical (unpaired) electrons. The molecule has 0 fully saturated rings. The van der Waals surface area contributed by atoms with Crippen LogP contribution < -0.4 is 11.5 Å². The predicted molar refractivity (Wildman–Crippen MR) is 54.9 cm³/mol. The molecule has 0 spiro atoms. The third kappa shape index (κ3) is 2.20. The summed E-state index contributed by atoms with van der Waals surface area (Å²) >= 11 is 0. The Bertz CT molecular complexity index is 326. The zero-order chi connectivity index (χ0) is 11.6. The summed E-state index contributed by atoms with van der Waals surface area (Å²) in [4.78, 5) is 0. The van der Waals surface area contributed by atoms with Gasteiger partial charge in [0.05, 0.1) is 24.6 Å². The first-order chi connectivity index (χ1) is 6.99. The average molecular weight is 216 g/mol. The van der Waals surface area contributed by atoms with Gasteiger partial charge in [-0.05, 0) is 6.92 Å². The summed E-state index contributed by atoms with van der Waals surface area (Å²) in [6.45, 7) is 0.982. The second-order valence-electron chi connectivity index (χ2n) is 3.41. The molecule has 1 heterocycles. The molecule has 3 unspecified atom stereocenters. The quantitative estimate of drug-likeness (QED) is 0.408. The Morgan fingerprint density at radius 1 is 1.47 bits per heavy atom. The maximum absolute atomic E-state index is 9.51. The van der Waals surface area contributed by atoms with Gasteiger partial charge in [-0.25, -0.2) is 4.68 Å². The second-order valence-corrected chi connectivity index (χ2v) is 3.41. The van der Waals surface area contributed by atoms with Crippen molar-refractivity contribution in [2.75, 3.05) is 18.1 Å². The van der Waals surface area contributed by atoms with E-state index < -0.39 is 24.9 Å². The highest BCUT2D eigenvalue weighted by atomic mass is 16.3. The molecule has 0 aliphatic rings. The van der Waals surface area contributed by atoms with Crippen LogP contribution in [0.5, 0.6) is 0 Å². The van der Waals surface area contributed by atoms with Crippen molar-refractivity contribution in [2.24, 2.45) is 0 Å². The number of nitrogen functional groups attached to an aromatic ring is 2. The second kappa shape index (κ2) is 4.47. The van der Waals surface area contributed by atoms with E-state index in [0.717, 1.165) is 0 Å². The Morgan fingerprint density at radius 2 is 2.07 bits per heavy atom. The van der Waals surface area contributed by atoms with Gasteiger partial charge < -0.3 is 26.8 Å². The lowest BCUT2D eigenvalue weighted by atomic mass is 10.1. The van der Waals surface area contributed by atoms with Crippen molar-refractivity contribution >= 4 is 11.5 Å². The molecule has 0 saturated carbocycles. The van der Waals surface area contributed by atoms with Crippen LogP contribution in [0.2, 0.25) is 0 Å². The van der Waals surface area contributed by atoms with Crippen LogP contribution in [0.25, 0.3) is 0 Å². The molecule has 7 heteroatoms. The zero-order valence-corrected chi connectivity index (χ0v) is 8.41. The molecule has 7 nitrogen and oxygen atoms in total. The Hall–Kier alpha value is -1.31. The number of rotatable bonds is 4. The van der Waals surface area contributed by atoms with E-state index in [1.807, 2.05) is 0 Å². The van der Waals surface area contributed by atoms with Gasteiger partial charge in [0.25, 0.3) is 0 Å². The number of aliphatic hydroxyl groups excluding tert-OH is 3. The summed E-state index contributed by atoms with van der Waals surface area (Å²) in [5.74, 6) is 0.161. The van der Waals surface area contributed by atoms with Gasteiger partial charge in [-0.2, -0.15) is 5.10 Å². The summed E-state index contributed by atoms with van der Waals surface area (Å²) in [5.41, 5.74) is 11.4. The number of hydrogen-bond acceptors (Lipinski definition) is 6. The third-order valence-corrected chi connectivity index (χ3v) is 2.22. The summed E-state index contributed by atoms with van der Waals surface area (Å²) in [6.07, 6.45) is -0.727. The molecule has 0 aromatic carbocycles. The van der Waals surface area contributed by atoms with Crippen LogP contribution >= 0.6 is 0 Å². The van der Waals surface area contributed by atoms with Crippen LogP contribution in [0, 0.1) is 0 Å². The predicted octanol–water partition coefficient (Wildman–Crippen LogP) is -1.68. The third-order valence-electron chi connectivity index (χ3n) is 2.22. The molecule has 0 saturated heterocycles. The van der Waals surface area contributed by atoms with Crippen molar-refractivity contribution in [2.45, 2.75) is 25.2 Å². The van der Waals surface area contributed by atoms with Crippen molar-refractivity contribution in [3.8, 4) is 0 Å². The van der Waals surface area contributed by atoms with Crippen LogP contribution in [-0.2, 0) is 0 Å². The van der Waals surface area contributed by atoms with E-state index in [-0.39, 0.29) is 11.5 Å². The lowest BCUT2D eigenvalue weighted by molar-refractivity contribution is -0.00631. The van der Waals surface area contributed by atoms with E-state index in [1.54, 1.807) is 0 Å². The molecule has 15 heavy (non-hydrogen) atoms. The maximum atomic E-state index is 9.51. The summed E-state index contributed by atoms with van der Waals surface area (Å²) < 4.78 is 1.21. The fourth-order valence-corrected chi connectivity index (χ4v) is 1.42. The first kappa shape index (κ1) is 11.8. The molecule has 0 amide bonds. The zero-order valence-electron chi connectivity index (χ0n) is 8.41. The normalized spacial score (nSPS) is 17.3. The number of anilines is 2. The Morgan fingerprint density at radius 3 is 2.40 bits per heavy atom. The number of nitrogens with zero attached hydrogens (tertiary/aromatic N) is 2. The fourth-order valence-electron chi connectivity index (χ4n) is 1.42. The first-order valence-corrected chi connectivity index (χ1v) is 4.54. The Kier molecular flexibility index (Phi) is 3.51. The SMILES string of the molecule is CC(O)C(C(O)CO)n1ncc(N)c1N. The number of hydrogen-bond donors (Lipinski definition) is 5. The first-order valence-electron chi connectivity index (χ1n) is 4.54. The van der Waals surface area contributed by atoms with Crippen LogP contribution in [-0.4, -0.2) is 43.9 Å². The smallest absolute Gasteiger partial charge is 0.145 e. The van der Waals surface area contributed by atoms with Gasteiger partial charge in [-0.3, -0.25) is 0 Å². The van der Waals surface area contributed by atoms with Crippen molar-refractivity contribution in [3.63, 3.8) is 0 Å². The van der Waals surface area contributed by atoms with Gasteiger partial charge >= 0.3 is 0 Å². The van der Waals surface area contributed by atoms with Crippen molar-refractivity contribution < 1.29 is 15.3 Å². The van der Waals surface area contributed by atoms with Gasteiger partial charge in [0.15, 0.2) is 0 Å². The van der Waals surface area contributed by atoms with Gasteiger partial charge in [0, 0.05) is 0 Å². The minimum Gasteiger partial charge on any atom is -0.394 e. The highest BCUT2D eigenvalue weighted by Crippen LogP contribution is 2.23. The monoisotopic (exact) mass is 216 g/mol. The Labute approximate surface area is 86.9 Å². The molecule has 1 aromatic heterocycles. The lowest BCUT2D eigenvalue weighted by Gasteiger charge is -2.25. The van der Waals surface area contributed by atoms with E-state index in [1.165, 1.54) is 17.8 Å². The van der Waals surface area contributed by atoms with E-state index in [0.29, 0.717) is 0 Å². The topological polar surface area (TPSA) is 131 Å². The molecule has 7 N–H and O–H groups in total. The summed E-state index contributed by atoms with van der Waals surface area (Å²) in [6, 6.07) is -0.813.